The molecule has 2 aromatic carbocycles. The zero-order chi connectivity index (χ0) is 23.4. The number of ether oxygens (including phenoxy) is 2. The van der Waals surface area contributed by atoms with Gasteiger partial charge in [-0.2, -0.15) is 0 Å². The number of carbonyl (C=O) groups is 1. The van der Waals surface area contributed by atoms with Crippen LogP contribution < -0.4 is 19.5 Å². The summed E-state index contributed by atoms with van der Waals surface area (Å²) in [6, 6.07) is 11.6. The van der Waals surface area contributed by atoms with Crippen molar-refractivity contribution < 1.29 is 27.1 Å². The lowest BCUT2D eigenvalue weighted by atomic mass is 10.2. The molecule has 1 aliphatic rings. The molecule has 0 bridgehead atoms. The number of fused-ring (bicyclic) bond motifs is 1. The van der Waals surface area contributed by atoms with Crippen LogP contribution in [0.2, 0.25) is 0 Å². The van der Waals surface area contributed by atoms with Crippen molar-refractivity contribution in [3.63, 3.8) is 0 Å². The topological polar surface area (TPSA) is 120 Å². The van der Waals surface area contributed by atoms with E-state index in [4.69, 9.17) is 13.9 Å². The molecule has 1 aliphatic heterocycles. The molecule has 4 rings (SSSR count). The molecule has 2 N–H and O–H groups in total. The van der Waals surface area contributed by atoms with Crippen molar-refractivity contribution in [2.24, 2.45) is 0 Å². The van der Waals surface area contributed by atoms with Gasteiger partial charge in [-0.25, -0.2) is 18.1 Å². The first-order valence-corrected chi connectivity index (χ1v) is 12.0. The molecule has 33 heavy (non-hydrogen) atoms. The van der Waals surface area contributed by atoms with Gasteiger partial charge < -0.3 is 19.2 Å². The van der Waals surface area contributed by atoms with E-state index in [9.17, 15) is 13.2 Å². The summed E-state index contributed by atoms with van der Waals surface area (Å²) < 4.78 is 44.4. The maximum Gasteiger partial charge on any atom is 0.240 e. The Kier molecular flexibility index (Phi) is 6.66. The average Bonchev–Trinajstić information content (AvgIpc) is 2.98. The minimum absolute atomic E-state index is 0.0365. The molecule has 0 radical (unpaired) electrons. The zero-order valence-corrected chi connectivity index (χ0v) is 19.2. The summed E-state index contributed by atoms with van der Waals surface area (Å²) in [7, 11) is -3.80. The lowest BCUT2D eigenvalue weighted by Crippen LogP contribution is -2.27. The Hall–Kier alpha value is -3.37. The number of hydrogen-bond acceptors (Lipinski definition) is 7. The second-order valence-electron chi connectivity index (χ2n) is 7.60. The summed E-state index contributed by atoms with van der Waals surface area (Å²) in [6.07, 6.45) is 0.690. The standard InChI is InChI=1S/C23H25N3O6S/c1-15-16(2)32-23(25-15)17-5-3-6-18(13-17)26-22(27)9-10-24-33(28,29)19-7-8-20-21(14-19)31-12-4-11-30-20/h3,5-8,13-14,24H,4,9-12H2,1-2H3,(H,26,27). The minimum Gasteiger partial charge on any atom is -0.490 e. The molecule has 0 fully saturated rings. The van der Waals surface area contributed by atoms with Crippen molar-refractivity contribution in [2.75, 3.05) is 25.1 Å². The minimum atomic E-state index is -3.80. The van der Waals surface area contributed by atoms with Crippen molar-refractivity contribution >= 4 is 21.6 Å². The molecule has 0 aliphatic carbocycles. The fraction of sp³-hybridized carbons (Fsp3) is 0.304. The number of nitrogens with one attached hydrogen (secondary N) is 2. The first-order chi connectivity index (χ1) is 15.8. The van der Waals surface area contributed by atoms with Gasteiger partial charge in [0.15, 0.2) is 11.5 Å². The Bertz CT molecular complexity index is 1250. The number of anilines is 1. The number of nitrogens with zero attached hydrogens (tertiary/aromatic N) is 1. The van der Waals surface area contributed by atoms with Crippen LogP contribution in [0.4, 0.5) is 5.69 Å². The van der Waals surface area contributed by atoms with Gasteiger partial charge in [0.05, 0.1) is 23.8 Å². The molecule has 10 heteroatoms. The van der Waals surface area contributed by atoms with Crippen molar-refractivity contribution in [1.82, 2.24) is 9.71 Å². The molecule has 0 saturated carbocycles. The molecule has 3 aromatic rings. The Labute approximate surface area is 192 Å². The summed E-state index contributed by atoms with van der Waals surface area (Å²) in [5, 5.41) is 2.77. The second-order valence-corrected chi connectivity index (χ2v) is 9.36. The third-order valence-corrected chi connectivity index (χ3v) is 6.55. The Balaban J connectivity index is 1.34. The van der Waals surface area contributed by atoms with Crippen LogP contribution in [0, 0.1) is 13.8 Å². The first kappa shape index (κ1) is 22.8. The SMILES string of the molecule is Cc1nc(-c2cccc(NC(=O)CCNS(=O)(=O)c3ccc4c(c3)OCCCO4)c2)oc1C. The average molecular weight is 472 g/mol. The van der Waals surface area contributed by atoms with Gasteiger partial charge in [0, 0.05) is 36.7 Å². The lowest BCUT2D eigenvalue weighted by molar-refractivity contribution is -0.116. The number of amides is 1. The molecule has 9 nitrogen and oxygen atoms in total. The fourth-order valence-electron chi connectivity index (χ4n) is 3.24. The summed E-state index contributed by atoms with van der Waals surface area (Å²) in [5.74, 6) is 1.80. The van der Waals surface area contributed by atoms with Crippen LogP contribution in [0.5, 0.6) is 11.5 Å². The highest BCUT2D eigenvalue weighted by Crippen LogP contribution is 2.31. The second kappa shape index (κ2) is 9.63. The van der Waals surface area contributed by atoms with Gasteiger partial charge in [0.1, 0.15) is 5.76 Å². The van der Waals surface area contributed by atoms with Crippen molar-refractivity contribution in [1.29, 1.82) is 0 Å². The smallest absolute Gasteiger partial charge is 0.240 e. The number of sulfonamides is 1. The number of oxazole rings is 1. The van der Waals surface area contributed by atoms with E-state index in [0.717, 1.165) is 23.4 Å². The van der Waals surface area contributed by atoms with Crippen LogP contribution in [0.3, 0.4) is 0 Å². The maximum atomic E-state index is 12.6. The predicted molar refractivity (Wildman–Crippen MR) is 122 cm³/mol. The first-order valence-electron chi connectivity index (χ1n) is 10.6. The van der Waals surface area contributed by atoms with E-state index in [1.54, 1.807) is 24.3 Å². The summed E-state index contributed by atoms with van der Waals surface area (Å²) >= 11 is 0. The van der Waals surface area contributed by atoms with Gasteiger partial charge in [-0.15, -0.1) is 0 Å². The van der Waals surface area contributed by atoms with E-state index < -0.39 is 10.0 Å². The number of carbonyl (C=O) groups excluding carboxylic acids is 1. The molecular formula is C23H25N3O6S. The Morgan fingerprint density at radius 1 is 1.06 bits per heavy atom. The largest absolute Gasteiger partial charge is 0.490 e. The van der Waals surface area contributed by atoms with Crippen molar-refractivity contribution in [2.45, 2.75) is 31.6 Å². The Morgan fingerprint density at radius 2 is 1.85 bits per heavy atom. The van der Waals surface area contributed by atoms with E-state index in [0.29, 0.717) is 36.3 Å². The van der Waals surface area contributed by atoms with Gasteiger partial charge in [0.2, 0.25) is 21.8 Å². The van der Waals surface area contributed by atoms with E-state index in [1.165, 1.54) is 12.1 Å². The third-order valence-electron chi connectivity index (χ3n) is 5.10. The van der Waals surface area contributed by atoms with Crippen LogP contribution in [0.1, 0.15) is 24.3 Å². The van der Waals surface area contributed by atoms with Crippen molar-refractivity contribution in [3.8, 4) is 23.0 Å². The highest BCUT2D eigenvalue weighted by molar-refractivity contribution is 7.89. The number of aryl methyl sites for hydroxylation is 2. The van der Waals surface area contributed by atoms with Gasteiger partial charge in [0.25, 0.3) is 0 Å². The molecule has 174 valence electrons. The summed E-state index contributed by atoms with van der Waals surface area (Å²) in [4.78, 5) is 16.8. The number of benzene rings is 2. The van der Waals surface area contributed by atoms with Crippen LogP contribution in [0.25, 0.3) is 11.5 Å². The van der Waals surface area contributed by atoms with Gasteiger partial charge >= 0.3 is 0 Å². The molecule has 0 spiro atoms. The van der Waals surface area contributed by atoms with Crippen LogP contribution >= 0.6 is 0 Å². The predicted octanol–water partition coefficient (Wildman–Crippen LogP) is 3.43. The number of rotatable bonds is 7. The van der Waals surface area contributed by atoms with Gasteiger partial charge in [-0.1, -0.05) is 6.07 Å². The quantitative estimate of drug-likeness (QED) is 0.542. The Morgan fingerprint density at radius 3 is 2.61 bits per heavy atom. The molecule has 0 unspecified atom stereocenters. The monoisotopic (exact) mass is 471 g/mol. The van der Waals surface area contributed by atoms with Gasteiger partial charge in [-0.3, -0.25) is 4.79 Å². The highest BCUT2D eigenvalue weighted by Gasteiger charge is 2.19. The molecular weight excluding hydrogens is 446 g/mol. The zero-order valence-electron chi connectivity index (χ0n) is 18.4. The van der Waals surface area contributed by atoms with Crippen LogP contribution in [0.15, 0.2) is 51.8 Å². The highest BCUT2D eigenvalue weighted by atomic mass is 32.2. The molecule has 1 aromatic heterocycles. The number of aromatic nitrogens is 1. The molecule has 0 saturated heterocycles. The summed E-state index contributed by atoms with van der Waals surface area (Å²) in [6.45, 7) is 4.62. The molecule has 2 heterocycles. The van der Waals surface area contributed by atoms with E-state index >= 15 is 0 Å². The van der Waals surface area contributed by atoms with E-state index in [-0.39, 0.29) is 23.8 Å². The van der Waals surface area contributed by atoms with Crippen LogP contribution in [-0.2, 0) is 14.8 Å². The van der Waals surface area contributed by atoms with E-state index in [1.807, 2.05) is 19.9 Å². The lowest BCUT2D eigenvalue weighted by Gasteiger charge is -2.11. The molecule has 1 amide bonds. The maximum absolute atomic E-state index is 12.6. The van der Waals surface area contributed by atoms with Gasteiger partial charge in [-0.05, 0) is 44.2 Å². The number of hydrogen-bond donors (Lipinski definition) is 2. The normalized spacial score (nSPS) is 13.4. The third kappa shape index (κ3) is 5.52. The van der Waals surface area contributed by atoms with Crippen molar-refractivity contribution in [3.05, 3.63) is 53.9 Å². The summed E-state index contributed by atoms with van der Waals surface area (Å²) in [5.41, 5.74) is 2.11. The molecule has 0 atom stereocenters. The fourth-order valence-corrected chi connectivity index (χ4v) is 4.29. The van der Waals surface area contributed by atoms with Crippen LogP contribution in [-0.4, -0.2) is 39.1 Å². The van der Waals surface area contributed by atoms with E-state index in [2.05, 4.69) is 15.0 Å².